The Morgan fingerprint density at radius 1 is 1.27 bits per heavy atom. The van der Waals surface area contributed by atoms with E-state index in [-0.39, 0.29) is 5.88 Å². The Morgan fingerprint density at radius 3 is 2.41 bits per heavy atom. The Balaban J connectivity index is 2.60. The summed E-state index contributed by atoms with van der Waals surface area (Å²) < 4.78 is 2.75. The maximum atomic E-state index is 12.2. The van der Waals surface area contributed by atoms with Crippen LogP contribution in [-0.4, -0.2) is 25.8 Å². The molecule has 0 fully saturated rings. The lowest BCUT2D eigenvalue weighted by molar-refractivity contribution is -0.597. The van der Waals surface area contributed by atoms with Crippen molar-refractivity contribution in [3.8, 4) is 11.6 Å². The molecule has 1 atom stereocenters. The predicted molar refractivity (Wildman–Crippen MR) is 79.3 cm³/mol. The van der Waals surface area contributed by atoms with Crippen molar-refractivity contribution >= 4 is 0 Å². The zero-order valence-corrected chi connectivity index (χ0v) is 12.7. The van der Waals surface area contributed by atoms with Gasteiger partial charge in [0, 0.05) is 30.7 Å². The number of aromatic nitrogens is 2. The fraction of sp³-hybridized carbons (Fsp3) is 0.333. The van der Waals surface area contributed by atoms with E-state index in [0.29, 0.717) is 11.3 Å². The van der Waals surface area contributed by atoms with Crippen molar-refractivity contribution in [3.63, 3.8) is 0 Å². The van der Waals surface area contributed by atoms with Gasteiger partial charge in [-0.2, -0.15) is 4.57 Å². The van der Waals surface area contributed by atoms with Gasteiger partial charge >= 0.3 is 0 Å². The van der Waals surface area contributed by atoms with E-state index in [0.717, 1.165) is 11.5 Å². The molecule has 0 radical (unpaired) electrons. The third-order valence-electron chi connectivity index (χ3n) is 3.23. The normalized spacial score (nSPS) is 13.1. The van der Waals surface area contributed by atoms with E-state index in [9.17, 15) is 20.1 Å². The van der Waals surface area contributed by atoms with Crippen LogP contribution in [0.1, 0.15) is 25.6 Å². The number of nitrogens with zero attached hydrogens (tertiary/aromatic N) is 2. The first kappa shape index (κ1) is 16.2. The summed E-state index contributed by atoms with van der Waals surface area (Å²) in [6.45, 7) is 4.40. The highest BCUT2D eigenvalue weighted by Gasteiger charge is 2.26. The van der Waals surface area contributed by atoms with Crippen LogP contribution in [0.4, 0.5) is 0 Å². The Kier molecular flexibility index (Phi) is 4.32. The quantitative estimate of drug-likeness (QED) is 0.467. The molecular weight excluding hydrogens is 286 g/mol. The first-order chi connectivity index (χ1) is 10.2. The summed E-state index contributed by atoms with van der Waals surface area (Å²) in [4.78, 5) is 12.2. The fourth-order valence-electron chi connectivity index (χ4n) is 2.42. The molecule has 0 bridgehead atoms. The summed E-state index contributed by atoms with van der Waals surface area (Å²) in [6, 6.07) is 6.83. The molecule has 0 aliphatic carbocycles. The molecule has 4 N–H and O–H groups in total. The van der Waals surface area contributed by atoms with Gasteiger partial charge in [-0.05, 0) is 13.8 Å². The third kappa shape index (κ3) is 3.33. The summed E-state index contributed by atoms with van der Waals surface area (Å²) in [5.41, 5.74) is 0.615. The zero-order valence-electron chi connectivity index (χ0n) is 12.7. The maximum Gasteiger partial charge on any atom is 0.274 e. The van der Waals surface area contributed by atoms with Crippen molar-refractivity contribution in [1.29, 1.82) is 0 Å². The minimum absolute atomic E-state index is 0.259. The lowest BCUT2D eigenvalue weighted by Gasteiger charge is -2.25. The van der Waals surface area contributed by atoms with Crippen LogP contribution in [0, 0.1) is 6.92 Å². The van der Waals surface area contributed by atoms with Crippen LogP contribution >= 0.6 is 0 Å². The van der Waals surface area contributed by atoms with Gasteiger partial charge in [-0.15, -0.1) is 0 Å². The Labute approximate surface area is 127 Å². The third-order valence-corrected chi connectivity index (χ3v) is 3.23. The summed E-state index contributed by atoms with van der Waals surface area (Å²) >= 11 is 0. The highest BCUT2D eigenvalue weighted by Crippen LogP contribution is 2.21. The monoisotopic (exact) mass is 306 g/mol. The van der Waals surface area contributed by atoms with Crippen molar-refractivity contribution in [2.45, 2.75) is 32.8 Å². The fourth-order valence-corrected chi connectivity index (χ4v) is 2.42. The Hall–Kier alpha value is -2.22. The summed E-state index contributed by atoms with van der Waals surface area (Å²) in [7, 11) is 0. The lowest BCUT2D eigenvalue weighted by atomic mass is 10.2. The molecule has 7 heteroatoms. The average Bonchev–Trinajstić information content (AvgIpc) is 2.36. The van der Waals surface area contributed by atoms with Crippen molar-refractivity contribution in [1.82, 2.24) is 9.88 Å². The molecule has 7 nitrogen and oxygen atoms in total. The number of aromatic hydroxyl groups is 1. The van der Waals surface area contributed by atoms with E-state index in [2.05, 4.69) is 5.32 Å². The second-order valence-corrected chi connectivity index (χ2v) is 5.33. The first-order valence-electron chi connectivity index (χ1n) is 6.85. The number of hydrogen-bond acceptors (Lipinski definition) is 5. The highest BCUT2D eigenvalue weighted by atomic mass is 16.5. The number of aryl methyl sites for hydroxylation is 1. The molecule has 0 aromatic carbocycles. The molecule has 118 valence electrons. The molecule has 22 heavy (non-hydrogen) atoms. The minimum Gasteiger partial charge on any atom is -0.490 e. The zero-order chi connectivity index (χ0) is 16.5. The van der Waals surface area contributed by atoms with Gasteiger partial charge < -0.3 is 15.3 Å². The average molecular weight is 306 g/mol. The van der Waals surface area contributed by atoms with Gasteiger partial charge in [-0.3, -0.25) is 9.36 Å². The molecule has 0 spiro atoms. The van der Waals surface area contributed by atoms with Crippen LogP contribution in [0.3, 0.4) is 0 Å². The first-order valence-corrected chi connectivity index (χ1v) is 6.85. The highest BCUT2D eigenvalue weighted by molar-refractivity contribution is 5.41. The molecule has 2 rings (SSSR count). The van der Waals surface area contributed by atoms with Crippen molar-refractivity contribution < 1.29 is 19.9 Å². The lowest BCUT2D eigenvalue weighted by Crippen LogP contribution is -2.47. The molecule has 0 amide bonds. The molecule has 2 aromatic rings. The van der Waals surface area contributed by atoms with Gasteiger partial charge in [0.15, 0.2) is 12.4 Å². The molecule has 1 unspecified atom stereocenters. The number of pyridine rings is 2. The largest absolute Gasteiger partial charge is 0.490 e. The van der Waals surface area contributed by atoms with Gasteiger partial charge in [-0.25, -0.2) is 5.32 Å². The van der Waals surface area contributed by atoms with Crippen LogP contribution in [0.5, 0.6) is 5.88 Å². The van der Waals surface area contributed by atoms with Gasteiger partial charge in [-0.1, -0.05) is 6.07 Å². The summed E-state index contributed by atoms with van der Waals surface area (Å²) in [6.07, 6.45) is 2.67. The Morgan fingerprint density at radius 2 is 1.86 bits per heavy atom. The van der Waals surface area contributed by atoms with Crippen molar-refractivity contribution in [2.24, 2.45) is 0 Å². The van der Waals surface area contributed by atoms with E-state index in [4.69, 9.17) is 0 Å². The van der Waals surface area contributed by atoms with E-state index >= 15 is 0 Å². The molecule has 0 aliphatic heterocycles. The van der Waals surface area contributed by atoms with Crippen LogP contribution in [-0.2, 0) is 0 Å². The van der Waals surface area contributed by atoms with Crippen LogP contribution in [0.25, 0.3) is 5.69 Å². The van der Waals surface area contributed by atoms with Crippen LogP contribution < -0.4 is 15.4 Å². The molecule has 0 aliphatic rings. The van der Waals surface area contributed by atoms with E-state index in [1.165, 1.54) is 6.07 Å². The number of nitrogens with one attached hydrogen (secondary N) is 1. The van der Waals surface area contributed by atoms with Gasteiger partial charge in [0.1, 0.15) is 0 Å². The smallest absolute Gasteiger partial charge is 0.274 e. The van der Waals surface area contributed by atoms with Gasteiger partial charge in [0.05, 0.1) is 6.17 Å². The van der Waals surface area contributed by atoms with Gasteiger partial charge in [0.2, 0.25) is 5.91 Å². The minimum atomic E-state index is -2.17. The number of rotatable bonds is 4. The van der Waals surface area contributed by atoms with E-state index in [1.54, 1.807) is 42.9 Å². The van der Waals surface area contributed by atoms with Crippen molar-refractivity contribution in [3.05, 3.63) is 52.6 Å². The van der Waals surface area contributed by atoms with E-state index in [1.807, 2.05) is 6.07 Å². The second kappa shape index (κ2) is 5.88. The van der Waals surface area contributed by atoms with Crippen molar-refractivity contribution in [2.75, 3.05) is 0 Å². The van der Waals surface area contributed by atoms with E-state index < -0.39 is 17.6 Å². The van der Waals surface area contributed by atoms with Crippen LogP contribution in [0.15, 0.2) is 41.5 Å². The van der Waals surface area contributed by atoms with Gasteiger partial charge in [0.25, 0.3) is 17.1 Å². The number of hydrogen-bond donors (Lipinski definition) is 4. The maximum absolute atomic E-state index is 12.2. The standard InChI is InChI=1S/C15H19N3O4/c1-10-9-12(19)18(11(2)16-15(3,21)22)14(20)13(10)17-7-5-4-6-8-17/h4-9,11,16,21-22H,1-3H3/p+1. The Bertz CT molecular complexity index is 720. The predicted octanol–water partition coefficient (Wildman–Crippen LogP) is -0.0946. The molecule has 2 aromatic heterocycles. The second-order valence-electron chi connectivity index (χ2n) is 5.33. The molecule has 0 saturated carbocycles. The summed E-state index contributed by atoms with van der Waals surface area (Å²) in [5, 5.41) is 31.8. The molecular formula is C15H20N3O4+. The molecule has 0 saturated heterocycles. The summed E-state index contributed by atoms with van der Waals surface area (Å²) in [5.74, 6) is -2.43. The number of aliphatic hydroxyl groups is 2. The SMILES string of the molecule is Cc1cc(=O)n(C(C)NC(C)(O)O)c(O)c1-[n+]1ccccc1. The topological polar surface area (TPSA) is 98.6 Å². The molecule has 2 heterocycles. The van der Waals surface area contributed by atoms with Crippen LogP contribution in [0.2, 0.25) is 0 Å².